The summed E-state index contributed by atoms with van der Waals surface area (Å²) in [5.41, 5.74) is 0. The number of nitrogens with one attached hydrogen (secondary N) is 1. The van der Waals surface area contributed by atoms with Gasteiger partial charge in [-0.2, -0.15) is 17.4 Å². The van der Waals surface area contributed by atoms with E-state index in [-0.39, 0.29) is 6.04 Å². The monoisotopic (exact) mass is 274 g/mol. The number of piperidine rings is 1. The summed E-state index contributed by atoms with van der Waals surface area (Å²) in [6, 6.07) is 0.163. The van der Waals surface area contributed by atoms with Gasteiger partial charge in [0.05, 0.1) is 0 Å². The van der Waals surface area contributed by atoms with E-state index >= 15 is 0 Å². The van der Waals surface area contributed by atoms with E-state index < -0.39 is 10.2 Å². The van der Waals surface area contributed by atoms with E-state index in [0.29, 0.717) is 24.9 Å². The molecule has 2 unspecified atom stereocenters. The van der Waals surface area contributed by atoms with Gasteiger partial charge in [-0.25, -0.2) is 0 Å². The molecule has 1 saturated heterocycles. The molecule has 106 valence electrons. The molecule has 0 amide bonds. The van der Waals surface area contributed by atoms with Gasteiger partial charge in [-0.1, -0.05) is 33.1 Å². The minimum Gasteiger partial charge on any atom is -0.199 e. The van der Waals surface area contributed by atoms with Crippen LogP contribution in [-0.2, 0) is 10.2 Å². The SMILES string of the molecule is CC1CC(C)CN(S(=O)(=O)NC2CCCCC2)C1. The molecule has 0 aromatic carbocycles. The minimum atomic E-state index is -3.27. The molecule has 0 radical (unpaired) electrons. The van der Waals surface area contributed by atoms with E-state index in [9.17, 15) is 8.42 Å². The summed E-state index contributed by atoms with van der Waals surface area (Å²) in [6.45, 7) is 5.62. The number of rotatable bonds is 3. The van der Waals surface area contributed by atoms with E-state index in [0.717, 1.165) is 32.1 Å². The first-order chi connectivity index (χ1) is 8.47. The van der Waals surface area contributed by atoms with Gasteiger partial charge < -0.3 is 0 Å². The second kappa shape index (κ2) is 5.88. The maximum absolute atomic E-state index is 12.4. The van der Waals surface area contributed by atoms with Gasteiger partial charge in [0.1, 0.15) is 0 Å². The van der Waals surface area contributed by atoms with E-state index in [1.807, 2.05) is 0 Å². The highest BCUT2D eigenvalue weighted by Crippen LogP contribution is 2.24. The number of hydrogen-bond donors (Lipinski definition) is 1. The van der Waals surface area contributed by atoms with Crippen LogP contribution < -0.4 is 4.72 Å². The van der Waals surface area contributed by atoms with Crippen molar-refractivity contribution in [2.45, 2.75) is 58.4 Å². The summed E-state index contributed by atoms with van der Waals surface area (Å²) in [5, 5.41) is 0. The van der Waals surface area contributed by atoms with Crippen LogP contribution in [-0.4, -0.2) is 31.9 Å². The largest absolute Gasteiger partial charge is 0.279 e. The average molecular weight is 274 g/mol. The third-order valence-electron chi connectivity index (χ3n) is 4.10. The van der Waals surface area contributed by atoms with Crippen LogP contribution in [0.5, 0.6) is 0 Å². The van der Waals surface area contributed by atoms with Gasteiger partial charge in [-0.3, -0.25) is 0 Å². The fourth-order valence-corrected chi connectivity index (χ4v) is 5.02. The van der Waals surface area contributed by atoms with Crippen molar-refractivity contribution in [1.82, 2.24) is 9.03 Å². The third kappa shape index (κ3) is 3.68. The Labute approximate surface area is 111 Å². The maximum Gasteiger partial charge on any atom is 0.279 e. The molecule has 2 fully saturated rings. The predicted octanol–water partition coefficient (Wildman–Crippen LogP) is 2.13. The summed E-state index contributed by atoms with van der Waals surface area (Å²) in [4.78, 5) is 0. The summed E-state index contributed by atoms with van der Waals surface area (Å²) >= 11 is 0. The van der Waals surface area contributed by atoms with Crippen LogP contribution in [0.15, 0.2) is 0 Å². The second-order valence-corrected chi connectivity index (χ2v) is 7.92. The first-order valence-electron chi connectivity index (χ1n) is 7.25. The van der Waals surface area contributed by atoms with Crippen LogP contribution in [0, 0.1) is 11.8 Å². The van der Waals surface area contributed by atoms with Gasteiger partial charge in [0.25, 0.3) is 10.2 Å². The molecule has 1 aliphatic carbocycles. The quantitative estimate of drug-likeness (QED) is 0.857. The van der Waals surface area contributed by atoms with E-state index in [1.54, 1.807) is 4.31 Å². The third-order valence-corrected chi connectivity index (χ3v) is 5.71. The Morgan fingerprint density at radius 3 is 2.11 bits per heavy atom. The zero-order valence-electron chi connectivity index (χ0n) is 11.6. The molecule has 1 saturated carbocycles. The van der Waals surface area contributed by atoms with Crippen LogP contribution in [0.25, 0.3) is 0 Å². The van der Waals surface area contributed by atoms with Crippen LogP contribution in [0.4, 0.5) is 0 Å². The maximum atomic E-state index is 12.4. The molecule has 2 aliphatic rings. The lowest BCUT2D eigenvalue weighted by Crippen LogP contribution is -2.50. The van der Waals surface area contributed by atoms with E-state index in [1.165, 1.54) is 6.42 Å². The summed E-state index contributed by atoms with van der Waals surface area (Å²) in [6.07, 6.45) is 6.68. The smallest absolute Gasteiger partial charge is 0.199 e. The molecular weight excluding hydrogens is 248 g/mol. The Morgan fingerprint density at radius 1 is 1.00 bits per heavy atom. The van der Waals surface area contributed by atoms with Crippen molar-refractivity contribution < 1.29 is 8.42 Å². The Morgan fingerprint density at radius 2 is 1.56 bits per heavy atom. The van der Waals surface area contributed by atoms with Crippen molar-refractivity contribution in [1.29, 1.82) is 0 Å². The lowest BCUT2D eigenvalue weighted by atomic mass is 9.94. The molecule has 0 bridgehead atoms. The number of hydrogen-bond acceptors (Lipinski definition) is 2. The van der Waals surface area contributed by atoms with Gasteiger partial charge in [-0.05, 0) is 31.1 Å². The van der Waals surface area contributed by atoms with Gasteiger partial charge >= 0.3 is 0 Å². The predicted molar refractivity (Wildman–Crippen MR) is 73.4 cm³/mol. The standard InChI is InChI=1S/C13H26N2O2S/c1-11-8-12(2)10-15(9-11)18(16,17)14-13-6-4-3-5-7-13/h11-14H,3-10H2,1-2H3. The normalized spacial score (nSPS) is 32.6. The highest BCUT2D eigenvalue weighted by Gasteiger charge is 2.32. The number of nitrogens with zero attached hydrogens (tertiary/aromatic N) is 1. The summed E-state index contributed by atoms with van der Waals surface area (Å²) in [7, 11) is -3.27. The molecule has 1 aliphatic heterocycles. The van der Waals surface area contributed by atoms with Crippen LogP contribution in [0.2, 0.25) is 0 Å². The molecular formula is C13H26N2O2S. The molecule has 2 rings (SSSR count). The van der Waals surface area contributed by atoms with Gasteiger partial charge in [-0.15, -0.1) is 0 Å². The Kier molecular flexibility index (Phi) is 4.67. The fourth-order valence-electron chi connectivity index (χ4n) is 3.31. The fraction of sp³-hybridized carbons (Fsp3) is 1.00. The Balaban J connectivity index is 1.96. The van der Waals surface area contributed by atoms with Crippen molar-refractivity contribution in [3.8, 4) is 0 Å². The molecule has 4 nitrogen and oxygen atoms in total. The molecule has 0 spiro atoms. The van der Waals surface area contributed by atoms with Gasteiger partial charge in [0.2, 0.25) is 0 Å². The molecule has 18 heavy (non-hydrogen) atoms. The molecule has 5 heteroatoms. The highest BCUT2D eigenvalue weighted by molar-refractivity contribution is 7.87. The molecule has 0 aromatic rings. The highest BCUT2D eigenvalue weighted by atomic mass is 32.2. The Bertz CT molecular complexity index is 353. The van der Waals surface area contributed by atoms with Crippen molar-refractivity contribution in [3.63, 3.8) is 0 Å². The van der Waals surface area contributed by atoms with Crippen LogP contribution in [0.1, 0.15) is 52.4 Å². The molecule has 0 aromatic heterocycles. The molecule has 2 atom stereocenters. The lowest BCUT2D eigenvalue weighted by Gasteiger charge is -2.35. The lowest BCUT2D eigenvalue weighted by molar-refractivity contribution is 0.218. The van der Waals surface area contributed by atoms with Crippen molar-refractivity contribution in [3.05, 3.63) is 0 Å². The average Bonchev–Trinajstić information content (AvgIpc) is 2.28. The van der Waals surface area contributed by atoms with Crippen LogP contribution in [0.3, 0.4) is 0 Å². The van der Waals surface area contributed by atoms with Gasteiger partial charge in [0.15, 0.2) is 0 Å². The van der Waals surface area contributed by atoms with Crippen molar-refractivity contribution >= 4 is 10.2 Å². The van der Waals surface area contributed by atoms with E-state index in [2.05, 4.69) is 18.6 Å². The van der Waals surface area contributed by atoms with Crippen molar-refractivity contribution in [2.24, 2.45) is 11.8 Å². The molecule has 1 N–H and O–H groups in total. The van der Waals surface area contributed by atoms with E-state index in [4.69, 9.17) is 0 Å². The van der Waals surface area contributed by atoms with Gasteiger partial charge in [0, 0.05) is 19.1 Å². The minimum absolute atomic E-state index is 0.163. The Hall–Kier alpha value is -0.130. The first-order valence-corrected chi connectivity index (χ1v) is 8.69. The summed E-state index contributed by atoms with van der Waals surface area (Å²) in [5.74, 6) is 0.938. The zero-order valence-corrected chi connectivity index (χ0v) is 12.4. The first kappa shape index (κ1) is 14.3. The topological polar surface area (TPSA) is 49.4 Å². The van der Waals surface area contributed by atoms with Crippen molar-refractivity contribution in [2.75, 3.05) is 13.1 Å². The summed E-state index contributed by atoms with van der Waals surface area (Å²) < 4.78 is 29.3. The van der Waals surface area contributed by atoms with Crippen LogP contribution >= 0.6 is 0 Å². The zero-order chi connectivity index (χ0) is 13.2. The molecule has 1 heterocycles. The second-order valence-electron chi connectivity index (χ2n) is 6.22.